The van der Waals surface area contributed by atoms with Crippen molar-refractivity contribution in [1.82, 2.24) is 0 Å². The maximum absolute atomic E-state index is 10.9. The summed E-state index contributed by atoms with van der Waals surface area (Å²) in [4.78, 5) is 21.4. The maximum Gasteiger partial charge on any atom is 0.149 e. The van der Waals surface area contributed by atoms with E-state index in [9.17, 15) is 9.59 Å². The van der Waals surface area contributed by atoms with Gasteiger partial charge in [0, 0.05) is 5.57 Å². The lowest BCUT2D eigenvalue weighted by atomic mass is 9.99. The molecule has 0 saturated heterocycles. The van der Waals surface area contributed by atoms with Crippen LogP contribution in [0.2, 0.25) is 0 Å². The van der Waals surface area contributed by atoms with Crippen molar-refractivity contribution in [3.05, 3.63) is 35.1 Å². The molecule has 0 aliphatic heterocycles. The van der Waals surface area contributed by atoms with E-state index in [1.54, 1.807) is 6.92 Å². The topological polar surface area (TPSA) is 43.4 Å². The molecular weight excluding hydrogens is 216 g/mol. The molecule has 1 aliphatic carbocycles. The lowest BCUT2D eigenvalue weighted by Crippen LogP contribution is -2.03. The van der Waals surface area contributed by atoms with Gasteiger partial charge in [0.2, 0.25) is 0 Å². The molecular formula is C14H18O3. The molecule has 0 aromatic heterocycles. The molecule has 1 aliphatic rings. The Balaban J connectivity index is 2.51. The summed E-state index contributed by atoms with van der Waals surface area (Å²) in [6, 6.07) is 0. The number of allylic oxidation sites excluding steroid dienone is 4. The number of rotatable bonds is 6. The van der Waals surface area contributed by atoms with Crippen LogP contribution in [0.3, 0.4) is 0 Å². The predicted molar refractivity (Wildman–Crippen MR) is 66.4 cm³/mol. The Bertz CT molecular complexity index is 367. The van der Waals surface area contributed by atoms with E-state index in [1.807, 2.05) is 6.92 Å². The summed E-state index contributed by atoms with van der Waals surface area (Å²) in [7, 11) is 0. The van der Waals surface area contributed by atoms with Crippen molar-refractivity contribution in [1.29, 1.82) is 0 Å². The van der Waals surface area contributed by atoms with E-state index in [-0.39, 0.29) is 5.92 Å². The van der Waals surface area contributed by atoms with E-state index in [1.165, 1.54) is 6.26 Å². The molecule has 3 nitrogen and oxygen atoms in total. The first kappa shape index (κ1) is 13.4. The van der Waals surface area contributed by atoms with Gasteiger partial charge in [-0.05, 0) is 43.8 Å². The lowest BCUT2D eigenvalue weighted by Gasteiger charge is -2.09. The van der Waals surface area contributed by atoms with Gasteiger partial charge in [-0.3, -0.25) is 9.59 Å². The van der Waals surface area contributed by atoms with Crippen LogP contribution >= 0.6 is 0 Å². The zero-order valence-corrected chi connectivity index (χ0v) is 10.3. The summed E-state index contributed by atoms with van der Waals surface area (Å²) in [5.74, 6) is 0.254. The maximum atomic E-state index is 10.9. The van der Waals surface area contributed by atoms with Crippen molar-refractivity contribution in [2.24, 2.45) is 5.92 Å². The van der Waals surface area contributed by atoms with Gasteiger partial charge in [0.15, 0.2) is 0 Å². The molecule has 1 rings (SSSR count). The van der Waals surface area contributed by atoms with Crippen LogP contribution in [-0.2, 0) is 14.3 Å². The largest absolute Gasteiger partial charge is 0.496 e. The quantitative estimate of drug-likeness (QED) is 0.307. The monoisotopic (exact) mass is 234 g/mol. The smallest absolute Gasteiger partial charge is 0.149 e. The van der Waals surface area contributed by atoms with Gasteiger partial charge in [-0.15, -0.1) is 0 Å². The van der Waals surface area contributed by atoms with Crippen molar-refractivity contribution in [2.45, 2.75) is 26.7 Å². The molecule has 0 amide bonds. The van der Waals surface area contributed by atoms with Crippen molar-refractivity contribution < 1.29 is 14.3 Å². The fraction of sp³-hybridized carbons (Fsp3) is 0.429. The van der Waals surface area contributed by atoms with E-state index in [4.69, 9.17) is 4.74 Å². The van der Waals surface area contributed by atoms with Crippen LogP contribution in [0.5, 0.6) is 0 Å². The van der Waals surface area contributed by atoms with Gasteiger partial charge in [-0.1, -0.05) is 12.2 Å². The van der Waals surface area contributed by atoms with Crippen molar-refractivity contribution in [3.8, 4) is 0 Å². The molecule has 0 radical (unpaired) electrons. The van der Waals surface area contributed by atoms with E-state index >= 15 is 0 Å². The Kier molecular flexibility index (Phi) is 5.40. The standard InChI is InChI=1S/C14H18O3/c1-11(7-15)12(2)9-17-10-14(8-16)13-5-3-4-6-13/h3-4,7-8,10,13H,5-6,9H2,1-2H3/b12-11?,14-10-. The normalized spacial score (nSPS) is 17.9. The van der Waals surface area contributed by atoms with Crippen LogP contribution in [0.25, 0.3) is 0 Å². The summed E-state index contributed by atoms with van der Waals surface area (Å²) < 4.78 is 5.35. The molecule has 0 fully saturated rings. The zero-order valence-electron chi connectivity index (χ0n) is 10.3. The molecule has 0 atom stereocenters. The first-order chi connectivity index (χ1) is 8.19. The molecule has 0 bridgehead atoms. The SMILES string of the molecule is CC(C=O)=C(C)CO/C=C(/C=O)C1CC=CC1. The second-order valence-corrected chi connectivity index (χ2v) is 4.27. The molecule has 3 heteroatoms. The van der Waals surface area contributed by atoms with Crippen LogP contribution in [0.15, 0.2) is 35.1 Å². The summed E-state index contributed by atoms with van der Waals surface area (Å²) in [5, 5.41) is 0. The number of hydrogen-bond donors (Lipinski definition) is 0. The highest BCUT2D eigenvalue weighted by Gasteiger charge is 2.15. The second-order valence-electron chi connectivity index (χ2n) is 4.27. The second kappa shape index (κ2) is 6.84. The molecule has 92 valence electrons. The van der Waals surface area contributed by atoms with E-state index in [0.717, 1.165) is 31.0 Å². The average Bonchev–Trinajstić information content (AvgIpc) is 2.87. The summed E-state index contributed by atoms with van der Waals surface area (Å²) in [5.41, 5.74) is 2.24. The Morgan fingerprint density at radius 2 is 1.88 bits per heavy atom. The number of aldehydes is 2. The fourth-order valence-corrected chi connectivity index (χ4v) is 1.59. The Morgan fingerprint density at radius 1 is 1.24 bits per heavy atom. The van der Waals surface area contributed by atoms with Gasteiger partial charge in [0.25, 0.3) is 0 Å². The van der Waals surface area contributed by atoms with Gasteiger partial charge in [-0.25, -0.2) is 0 Å². The molecule has 17 heavy (non-hydrogen) atoms. The molecule has 0 aromatic carbocycles. The minimum atomic E-state index is 0.254. The Labute approximate surface area is 102 Å². The lowest BCUT2D eigenvalue weighted by molar-refractivity contribution is -0.106. The minimum absolute atomic E-state index is 0.254. The molecule has 0 unspecified atom stereocenters. The highest BCUT2D eigenvalue weighted by molar-refractivity contribution is 5.74. The van der Waals surface area contributed by atoms with Crippen molar-refractivity contribution in [3.63, 3.8) is 0 Å². The number of carbonyl (C=O) groups excluding carboxylic acids is 2. The highest BCUT2D eigenvalue weighted by atomic mass is 16.5. The van der Waals surface area contributed by atoms with Gasteiger partial charge >= 0.3 is 0 Å². The van der Waals surface area contributed by atoms with Crippen molar-refractivity contribution in [2.75, 3.05) is 6.61 Å². The molecule has 0 N–H and O–H groups in total. The first-order valence-corrected chi connectivity index (χ1v) is 5.72. The van der Waals surface area contributed by atoms with Gasteiger partial charge in [0.1, 0.15) is 19.2 Å². The van der Waals surface area contributed by atoms with Crippen LogP contribution in [0, 0.1) is 5.92 Å². The van der Waals surface area contributed by atoms with Gasteiger partial charge in [0.05, 0.1) is 6.26 Å². The number of hydrogen-bond acceptors (Lipinski definition) is 3. The summed E-state index contributed by atoms with van der Waals surface area (Å²) in [6.07, 6.45) is 9.12. The zero-order chi connectivity index (χ0) is 12.7. The van der Waals surface area contributed by atoms with E-state index < -0.39 is 0 Å². The minimum Gasteiger partial charge on any atom is -0.496 e. The Morgan fingerprint density at radius 3 is 2.41 bits per heavy atom. The van der Waals surface area contributed by atoms with Crippen LogP contribution in [-0.4, -0.2) is 19.2 Å². The third kappa shape index (κ3) is 4.02. The summed E-state index contributed by atoms with van der Waals surface area (Å²) >= 11 is 0. The molecule has 0 spiro atoms. The van der Waals surface area contributed by atoms with Crippen LogP contribution in [0.4, 0.5) is 0 Å². The third-order valence-corrected chi connectivity index (χ3v) is 2.98. The molecule has 0 heterocycles. The fourth-order valence-electron chi connectivity index (χ4n) is 1.59. The first-order valence-electron chi connectivity index (χ1n) is 5.72. The number of ether oxygens (including phenoxy) is 1. The summed E-state index contributed by atoms with van der Waals surface area (Å²) in [6.45, 7) is 3.94. The molecule has 0 aromatic rings. The van der Waals surface area contributed by atoms with Crippen LogP contribution in [0.1, 0.15) is 26.7 Å². The van der Waals surface area contributed by atoms with Gasteiger partial charge < -0.3 is 4.74 Å². The average molecular weight is 234 g/mol. The van der Waals surface area contributed by atoms with Gasteiger partial charge in [-0.2, -0.15) is 0 Å². The van der Waals surface area contributed by atoms with Crippen molar-refractivity contribution >= 4 is 12.6 Å². The van der Waals surface area contributed by atoms with E-state index in [0.29, 0.717) is 17.8 Å². The third-order valence-electron chi connectivity index (χ3n) is 2.98. The number of carbonyl (C=O) groups is 2. The van der Waals surface area contributed by atoms with E-state index in [2.05, 4.69) is 12.2 Å². The van der Waals surface area contributed by atoms with Crippen LogP contribution < -0.4 is 0 Å². The molecule has 0 saturated carbocycles. The highest BCUT2D eigenvalue weighted by Crippen LogP contribution is 2.24. The predicted octanol–water partition coefficient (Wildman–Crippen LogP) is 2.59. The Hall–Kier alpha value is -1.64.